The minimum Gasteiger partial charge on any atom is -0.369 e. The van der Waals surface area contributed by atoms with Gasteiger partial charge >= 0.3 is 0 Å². The molecule has 0 bridgehead atoms. The number of benzene rings is 1. The number of amides is 1. The Labute approximate surface area is 174 Å². The molecule has 4 rings (SSSR count). The molecule has 0 saturated carbocycles. The van der Waals surface area contributed by atoms with Gasteiger partial charge in [0, 0.05) is 30.5 Å². The summed E-state index contributed by atoms with van der Waals surface area (Å²) in [6.07, 6.45) is 6.18. The molecule has 7 nitrogen and oxygen atoms in total. The molecular weight excluding hydrogens is 383 g/mol. The van der Waals surface area contributed by atoms with E-state index >= 15 is 0 Å². The zero-order chi connectivity index (χ0) is 21.1. The van der Waals surface area contributed by atoms with Crippen molar-refractivity contribution in [1.29, 1.82) is 0 Å². The summed E-state index contributed by atoms with van der Waals surface area (Å²) < 4.78 is 13.3. The smallest absolute Gasteiger partial charge is 0.292 e. The summed E-state index contributed by atoms with van der Waals surface area (Å²) in [6, 6.07) is 6.28. The number of halogens is 1. The van der Waals surface area contributed by atoms with Crippen LogP contribution in [0.25, 0.3) is 0 Å². The number of hydrogen-bond donors (Lipinski definition) is 2. The number of hydrogen-bond acceptors (Lipinski definition) is 5. The largest absolute Gasteiger partial charge is 0.369 e. The normalized spacial score (nSPS) is 16.1. The van der Waals surface area contributed by atoms with E-state index in [2.05, 4.69) is 25.5 Å². The summed E-state index contributed by atoms with van der Waals surface area (Å²) in [5.41, 5.74) is 3.73. The number of carbonyl (C=O) groups excluding carboxylic acids is 1. The molecule has 8 heteroatoms. The molecule has 1 fully saturated rings. The lowest BCUT2D eigenvalue weighted by molar-refractivity contribution is 0.0723. The Balaban J connectivity index is 1.52. The molecule has 1 saturated heterocycles. The number of nitrogens with zero attached hydrogens (tertiary/aromatic N) is 4. The first-order chi connectivity index (χ1) is 14.5. The van der Waals surface area contributed by atoms with Gasteiger partial charge in [0.05, 0.1) is 12.2 Å². The maximum absolute atomic E-state index is 13.3. The van der Waals surface area contributed by atoms with Gasteiger partial charge in [-0.1, -0.05) is 12.1 Å². The highest BCUT2D eigenvalue weighted by Gasteiger charge is 2.32. The molecule has 156 valence electrons. The van der Waals surface area contributed by atoms with Crippen molar-refractivity contribution < 1.29 is 9.18 Å². The van der Waals surface area contributed by atoms with E-state index in [0.29, 0.717) is 18.9 Å². The summed E-state index contributed by atoms with van der Waals surface area (Å²) in [7, 11) is 0. The average Bonchev–Trinajstić information content (AvgIpc) is 3.43. The van der Waals surface area contributed by atoms with Crippen molar-refractivity contribution in [3.05, 3.63) is 70.7 Å². The summed E-state index contributed by atoms with van der Waals surface area (Å²) in [5, 5.41) is 10.1. The van der Waals surface area contributed by atoms with Crippen LogP contribution in [0.15, 0.2) is 36.7 Å². The van der Waals surface area contributed by atoms with Gasteiger partial charge in [-0.25, -0.2) is 14.4 Å². The molecule has 3 heterocycles. The van der Waals surface area contributed by atoms with Gasteiger partial charge in [-0.15, -0.1) is 0 Å². The topological polar surface area (TPSA) is 86.8 Å². The molecule has 1 amide bonds. The van der Waals surface area contributed by atoms with Crippen molar-refractivity contribution in [3.63, 3.8) is 0 Å². The predicted molar refractivity (Wildman–Crippen MR) is 112 cm³/mol. The van der Waals surface area contributed by atoms with Crippen LogP contribution in [0.3, 0.4) is 0 Å². The fourth-order valence-electron chi connectivity index (χ4n) is 3.81. The molecule has 1 aliphatic heterocycles. The van der Waals surface area contributed by atoms with Crippen molar-refractivity contribution in [2.75, 3.05) is 18.4 Å². The molecule has 2 N–H and O–H groups in total. The predicted octanol–water partition coefficient (Wildman–Crippen LogP) is 3.59. The van der Waals surface area contributed by atoms with Gasteiger partial charge in [-0.3, -0.25) is 9.89 Å². The van der Waals surface area contributed by atoms with Gasteiger partial charge in [-0.2, -0.15) is 5.10 Å². The second-order valence-corrected chi connectivity index (χ2v) is 7.60. The number of anilines is 1. The molecule has 2 aromatic heterocycles. The van der Waals surface area contributed by atoms with Crippen LogP contribution in [-0.4, -0.2) is 44.1 Å². The fourth-order valence-corrected chi connectivity index (χ4v) is 3.81. The van der Waals surface area contributed by atoms with Crippen molar-refractivity contribution in [3.8, 4) is 0 Å². The highest BCUT2D eigenvalue weighted by Crippen LogP contribution is 2.33. The first-order valence-corrected chi connectivity index (χ1v) is 10.2. The van der Waals surface area contributed by atoms with Gasteiger partial charge < -0.3 is 10.2 Å². The van der Waals surface area contributed by atoms with Gasteiger partial charge in [0.25, 0.3) is 5.91 Å². The average molecular weight is 408 g/mol. The highest BCUT2D eigenvalue weighted by atomic mass is 19.1. The Morgan fingerprint density at radius 3 is 2.80 bits per heavy atom. The third kappa shape index (κ3) is 4.17. The summed E-state index contributed by atoms with van der Waals surface area (Å²) in [6.45, 7) is 5.14. The Morgan fingerprint density at radius 1 is 1.27 bits per heavy atom. The molecular formula is C22H25FN6O. The molecule has 0 spiro atoms. The number of aryl methyl sites for hydroxylation is 1. The molecule has 1 aliphatic rings. The number of aromatic nitrogens is 4. The van der Waals surface area contributed by atoms with Gasteiger partial charge in [-0.05, 0) is 56.4 Å². The minimum atomic E-state index is -0.279. The second-order valence-electron chi connectivity index (χ2n) is 7.60. The fraction of sp³-hybridized carbons (Fsp3) is 0.364. The van der Waals surface area contributed by atoms with Crippen LogP contribution in [-0.2, 0) is 6.42 Å². The minimum absolute atomic E-state index is 0.0826. The first kappa shape index (κ1) is 20.0. The Kier molecular flexibility index (Phi) is 5.74. The Morgan fingerprint density at radius 2 is 2.07 bits per heavy atom. The lowest BCUT2D eigenvalue weighted by Gasteiger charge is -2.25. The first-order valence-electron chi connectivity index (χ1n) is 10.2. The van der Waals surface area contributed by atoms with Crippen LogP contribution in [0.1, 0.15) is 51.9 Å². The van der Waals surface area contributed by atoms with Crippen LogP contribution in [0.2, 0.25) is 0 Å². The maximum Gasteiger partial charge on any atom is 0.292 e. The number of carbonyl (C=O) groups is 1. The Hall–Kier alpha value is -3.29. The van der Waals surface area contributed by atoms with Crippen LogP contribution in [0, 0.1) is 19.7 Å². The molecule has 0 radical (unpaired) electrons. The number of H-pyrrole nitrogens is 1. The molecule has 1 aromatic carbocycles. The number of nitrogens with one attached hydrogen (secondary N) is 2. The quantitative estimate of drug-likeness (QED) is 0.651. The summed E-state index contributed by atoms with van der Waals surface area (Å²) in [5.74, 6) is 0.394. The van der Waals surface area contributed by atoms with Crippen molar-refractivity contribution in [1.82, 2.24) is 25.1 Å². The van der Waals surface area contributed by atoms with E-state index in [0.717, 1.165) is 41.6 Å². The van der Waals surface area contributed by atoms with Crippen molar-refractivity contribution >= 4 is 11.7 Å². The highest BCUT2D eigenvalue weighted by molar-refractivity contribution is 5.91. The van der Waals surface area contributed by atoms with Crippen LogP contribution in [0.4, 0.5) is 10.2 Å². The van der Waals surface area contributed by atoms with E-state index in [4.69, 9.17) is 0 Å². The molecule has 3 aromatic rings. The lowest BCUT2D eigenvalue weighted by atomic mass is 10.0. The molecule has 1 atom stereocenters. The molecule has 30 heavy (non-hydrogen) atoms. The lowest BCUT2D eigenvalue weighted by Crippen LogP contribution is -2.32. The van der Waals surface area contributed by atoms with E-state index in [9.17, 15) is 9.18 Å². The van der Waals surface area contributed by atoms with E-state index in [1.807, 2.05) is 20.0 Å². The van der Waals surface area contributed by atoms with Crippen LogP contribution >= 0.6 is 0 Å². The van der Waals surface area contributed by atoms with Crippen molar-refractivity contribution in [2.45, 2.75) is 39.2 Å². The maximum atomic E-state index is 13.3. The zero-order valence-corrected chi connectivity index (χ0v) is 17.2. The SMILES string of the molecule is Cc1nc(C(=O)N2CCCC2c2ccc(F)cc2)nc(NCCc2cn[nH]c2)c1C. The third-order valence-electron chi connectivity index (χ3n) is 5.61. The third-order valence-corrected chi connectivity index (χ3v) is 5.61. The van der Waals surface area contributed by atoms with E-state index < -0.39 is 0 Å². The number of aromatic amines is 1. The van der Waals surface area contributed by atoms with E-state index in [1.165, 1.54) is 12.1 Å². The number of likely N-dealkylation sites (tertiary alicyclic amines) is 1. The second kappa shape index (κ2) is 8.61. The molecule has 0 aliphatic carbocycles. The Bertz CT molecular complexity index is 1020. The summed E-state index contributed by atoms with van der Waals surface area (Å²) >= 11 is 0. The van der Waals surface area contributed by atoms with Gasteiger partial charge in [0.2, 0.25) is 5.82 Å². The monoisotopic (exact) mass is 408 g/mol. The van der Waals surface area contributed by atoms with Gasteiger partial charge in [0.1, 0.15) is 11.6 Å². The number of rotatable bonds is 6. The standard InChI is InChI=1S/C22H25FN6O/c1-14-15(2)27-21(28-20(14)24-10-9-16-12-25-26-13-16)22(30)29-11-3-4-19(29)17-5-7-18(23)8-6-17/h5-8,12-13,19H,3-4,9-11H2,1-2H3,(H,25,26)(H,24,27,28). The van der Waals surface area contributed by atoms with Gasteiger partial charge in [0.15, 0.2) is 0 Å². The van der Waals surface area contributed by atoms with Crippen molar-refractivity contribution in [2.24, 2.45) is 0 Å². The van der Waals surface area contributed by atoms with Crippen LogP contribution in [0.5, 0.6) is 0 Å². The summed E-state index contributed by atoms with van der Waals surface area (Å²) in [4.78, 5) is 24.1. The van der Waals surface area contributed by atoms with Crippen LogP contribution < -0.4 is 5.32 Å². The van der Waals surface area contributed by atoms with E-state index in [1.54, 1.807) is 23.2 Å². The molecule has 1 unspecified atom stereocenters. The zero-order valence-electron chi connectivity index (χ0n) is 17.2. The van der Waals surface area contributed by atoms with E-state index in [-0.39, 0.29) is 23.6 Å².